The smallest absolute Gasteiger partial charge is 0.393 e. The van der Waals surface area contributed by atoms with Gasteiger partial charge in [0.25, 0.3) is 0 Å². The second kappa shape index (κ2) is 4.44. The van der Waals surface area contributed by atoms with Gasteiger partial charge in [0, 0.05) is 12.5 Å². The van der Waals surface area contributed by atoms with Crippen LogP contribution >= 0.6 is 0 Å². The van der Waals surface area contributed by atoms with E-state index in [4.69, 9.17) is 14.2 Å². The lowest BCUT2D eigenvalue weighted by atomic mass is 9.86. The Bertz CT molecular complexity index is 422. The normalized spacial score (nSPS) is 25.2. The van der Waals surface area contributed by atoms with Gasteiger partial charge in [0.15, 0.2) is 0 Å². The maximum Gasteiger partial charge on any atom is 0.393 e. The number of rotatable bonds is 3. The predicted molar refractivity (Wildman–Crippen MR) is 60.1 cm³/mol. The maximum atomic E-state index is 11.8. The van der Waals surface area contributed by atoms with Gasteiger partial charge in [-0.1, -0.05) is 6.58 Å². The van der Waals surface area contributed by atoms with Crippen molar-refractivity contribution in [3.8, 4) is 0 Å². The molecule has 0 aliphatic carbocycles. The van der Waals surface area contributed by atoms with Crippen molar-refractivity contribution in [1.82, 2.24) is 0 Å². The van der Waals surface area contributed by atoms with E-state index in [0.717, 1.165) is 6.92 Å². The lowest BCUT2D eigenvalue weighted by Crippen LogP contribution is -2.53. The molecule has 0 bridgehead atoms. The van der Waals surface area contributed by atoms with Crippen LogP contribution in [0.5, 0.6) is 0 Å². The zero-order chi connectivity index (χ0) is 14.1. The Balaban J connectivity index is 3.17. The largest absolute Gasteiger partial charge is 0.459 e. The van der Waals surface area contributed by atoms with Gasteiger partial charge in [-0.3, -0.25) is 4.79 Å². The molecule has 0 spiro atoms. The fourth-order valence-electron chi connectivity index (χ4n) is 1.51. The number of ether oxygens (including phenoxy) is 3. The molecule has 18 heavy (non-hydrogen) atoms. The third-order valence-corrected chi connectivity index (χ3v) is 2.60. The van der Waals surface area contributed by atoms with Crippen LogP contribution in [-0.2, 0) is 28.6 Å². The van der Waals surface area contributed by atoms with E-state index < -0.39 is 29.1 Å². The highest BCUT2D eigenvalue weighted by molar-refractivity contribution is 5.92. The van der Waals surface area contributed by atoms with Crippen LogP contribution in [0.3, 0.4) is 0 Å². The average Bonchev–Trinajstić information content (AvgIpc) is 2.42. The van der Waals surface area contributed by atoms with E-state index >= 15 is 0 Å². The van der Waals surface area contributed by atoms with E-state index in [1.807, 2.05) is 0 Å². The van der Waals surface area contributed by atoms with E-state index in [-0.39, 0.29) is 12.2 Å². The van der Waals surface area contributed by atoms with Crippen molar-refractivity contribution in [3.05, 3.63) is 12.2 Å². The zero-order valence-electron chi connectivity index (χ0n) is 10.9. The molecule has 0 amide bonds. The highest BCUT2D eigenvalue weighted by Gasteiger charge is 2.65. The van der Waals surface area contributed by atoms with Crippen molar-refractivity contribution in [1.29, 1.82) is 0 Å². The van der Waals surface area contributed by atoms with Crippen LogP contribution in [0.15, 0.2) is 12.2 Å². The Morgan fingerprint density at radius 3 is 2.17 bits per heavy atom. The van der Waals surface area contributed by atoms with Gasteiger partial charge >= 0.3 is 23.7 Å². The number of hydrogen-bond acceptors (Lipinski definition) is 6. The van der Waals surface area contributed by atoms with Gasteiger partial charge in [-0.25, -0.2) is 9.59 Å². The van der Waals surface area contributed by atoms with Crippen LogP contribution in [0, 0.1) is 5.41 Å². The van der Waals surface area contributed by atoms with Crippen LogP contribution in [0.25, 0.3) is 0 Å². The maximum absolute atomic E-state index is 11.8. The van der Waals surface area contributed by atoms with Gasteiger partial charge in [0.2, 0.25) is 0 Å². The molecule has 100 valence electrons. The van der Waals surface area contributed by atoms with E-state index in [2.05, 4.69) is 6.58 Å². The molecule has 1 rings (SSSR count). The molecule has 1 unspecified atom stereocenters. The third-order valence-electron chi connectivity index (χ3n) is 2.60. The fraction of sp³-hybridized carbons (Fsp3) is 0.583. The van der Waals surface area contributed by atoms with Crippen molar-refractivity contribution in [3.63, 3.8) is 0 Å². The summed E-state index contributed by atoms with van der Waals surface area (Å²) >= 11 is 0. The quantitative estimate of drug-likeness (QED) is 0.425. The number of carbonyl (C=O) groups excluding carboxylic acids is 3. The summed E-state index contributed by atoms with van der Waals surface area (Å²) in [5.74, 6) is -4.49. The Labute approximate surface area is 105 Å². The van der Waals surface area contributed by atoms with Crippen molar-refractivity contribution in [2.24, 2.45) is 5.41 Å². The van der Waals surface area contributed by atoms with Crippen LogP contribution in [-0.4, -0.2) is 30.3 Å². The molecule has 0 N–H and O–H groups in total. The third kappa shape index (κ3) is 2.23. The lowest BCUT2D eigenvalue weighted by molar-refractivity contribution is -0.245. The monoisotopic (exact) mass is 256 g/mol. The lowest BCUT2D eigenvalue weighted by Gasteiger charge is -2.34. The summed E-state index contributed by atoms with van der Waals surface area (Å²) in [4.78, 5) is 34.5. The van der Waals surface area contributed by atoms with Gasteiger partial charge in [0.1, 0.15) is 6.61 Å². The number of cyclic esters (lactones) is 1. The minimum absolute atomic E-state index is 0.0113. The fourth-order valence-corrected chi connectivity index (χ4v) is 1.51. The van der Waals surface area contributed by atoms with Crippen LogP contribution in [0.4, 0.5) is 0 Å². The number of carbonyl (C=O) groups is 3. The minimum atomic E-state index is -2.05. The molecule has 1 fully saturated rings. The summed E-state index contributed by atoms with van der Waals surface area (Å²) in [5.41, 5.74) is -0.877. The van der Waals surface area contributed by atoms with Crippen molar-refractivity contribution in [2.45, 2.75) is 33.5 Å². The molecule has 1 aliphatic heterocycles. The molecule has 0 saturated carbocycles. The topological polar surface area (TPSA) is 78.9 Å². The summed E-state index contributed by atoms with van der Waals surface area (Å²) in [6.45, 7) is 9.16. The van der Waals surface area contributed by atoms with Gasteiger partial charge in [-0.05, 0) is 20.8 Å². The van der Waals surface area contributed by atoms with Gasteiger partial charge in [-0.2, -0.15) is 0 Å². The summed E-state index contributed by atoms with van der Waals surface area (Å²) in [6.07, 6.45) is 0. The highest BCUT2D eigenvalue weighted by Crippen LogP contribution is 2.42. The zero-order valence-corrected chi connectivity index (χ0v) is 10.9. The Morgan fingerprint density at radius 2 is 1.83 bits per heavy atom. The molecule has 0 radical (unpaired) electrons. The Morgan fingerprint density at radius 1 is 1.28 bits per heavy atom. The van der Waals surface area contributed by atoms with Crippen LogP contribution < -0.4 is 0 Å². The highest BCUT2D eigenvalue weighted by atomic mass is 16.8. The van der Waals surface area contributed by atoms with Crippen molar-refractivity contribution >= 4 is 17.9 Å². The molecule has 6 nitrogen and oxygen atoms in total. The van der Waals surface area contributed by atoms with Gasteiger partial charge < -0.3 is 14.2 Å². The van der Waals surface area contributed by atoms with Crippen LogP contribution in [0.2, 0.25) is 0 Å². The second-order valence-electron chi connectivity index (χ2n) is 4.84. The molecule has 0 aromatic carbocycles. The number of hydrogen-bond donors (Lipinski definition) is 0. The summed E-state index contributed by atoms with van der Waals surface area (Å²) in [6, 6.07) is 0. The van der Waals surface area contributed by atoms with Gasteiger partial charge in [-0.15, -0.1) is 0 Å². The molecule has 1 heterocycles. The molecule has 0 aromatic rings. The first-order chi connectivity index (χ1) is 8.12. The Kier molecular flexibility index (Phi) is 3.50. The SMILES string of the molecule is C=C(C)C(=O)OC1(OC(C)=O)C(=O)OCC1(C)C. The predicted octanol–water partition coefficient (Wildman–Crippen LogP) is 0.948. The van der Waals surface area contributed by atoms with Gasteiger partial charge in [0.05, 0.1) is 5.41 Å². The Hall–Kier alpha value is -1.85. The molecular formula is C12H16O6. The molecule has 1 atom stereocenters. The molecule has 6 heteroatoms. The van der Waals surface area contributed by atoms with E-state index in [1.165, 1.54) is 6.92 Å². The molecule has 0 aromatic heterocycles. The average molecular weight is 256 g/mol. The van der Waals surface area contributed by atoms with Crippen molar-refractivity contribution in [2.75, 3.05) is 6.61 Å². The first kappa shape index (κ1) is 14.2. The minimum Gasteiger partial charge on any atom is -0.459 e. The second-order valence-corrected chi connectivity index (χ2v) is 4.84. The molecule has 1 saturated heterocycles. The standard InChI is InChI=1S/C12H16O6/c1-7(2)9(14)18-12(17-8(3)13)10(15)16-6-11(12,4)5/h1,6H2,2-5H3. The summed E-state index contributed by atoms with van der Waals surface area (Å²) in [7, 11) is 0. The van der Waals surface area contributed by atoms with E-state index in [1.54, 1.807) is 13.8 Å². The summed E-state index contributed by atoms with van der Waals surface area (Å²) < 4.78 is 14.8. The molecule has 1 aliphatic rings. The first-order valence-corrected chi connectivity index (χ1v) is 5.38. The van der Waals surface area contributed by atoms with Crippen LogP contribution in [0.1, 0.15) is 27.7 Å². The van der Waals surface area contributed by atoms with Crippen molar-refractivity contribution < 1.29 is 28.6 Å². The summed E-state index contributed by atoms with van der Waals surface area (Å²) in [5, 5.41) is 0. The van der Waals surface area contributed by atoms with E-state index in [0.29, 0.717) is 0 Å². The van der Waals surface area contributed by atoms with E-state index in [9.17, 15) is 14.4 Å². The first-order valence-electron chi connectivity index (χ1n) is 5.38. The molecular weight excluding hydrogens is 240 g/mol. The number of esters is 3.